The Kier molecular flexibility index (Phi) is 10.7. The van der Waals surface area contributed by atoms with Crippen LogP contribution in [0.15, 0.2) is 42.2 Å². The minimum atomic E-state index is 0.444. The van der Waals surface area contributed by atoms with Gasteiger partial charge in [0.1, 0.15) is 0 Å². The van der Waals surface area contributed by atoms with Gasteiger partial charge in [-0.05, 0) is 92.9 Å². The Balaban J connectivity index is 1.93. The molecule has 2 heteroatoms. The maximum Gasteiger partial charge on any atom is 0.0412 e. The highest BCUT2D eigenvalue weighted by Crippen LogP contribution is 2.44. The molecule has 0 saturated heterocycles. The SMILES string of the molecule is C=C(CCCCN(/N=C(\C)CC)C(=C)CC1(CC)CCCCC1)c1ccc(CC)c(C)c1. The summed E-state index contributed by atoms with van der Waals surface area (Å²) in [5.74, 6) is 0. The van der Waals surface area contributed by atoms with E-state index in [0.29, 0.717) is 5.41 Å². The van der Waals surface area contributed by atoms with Crippen molar-refractivity contribution in [2.75, 3.05) is 6.54 Å². The number of benzene rings is 1. The summed E-state index contributed by atoms with van der Waals surface area (Å²) >= 11 is 0. The van der Waals surface area contributed by atoms with Gasteiger partial charge in [-0.2, -0.15) is 5.10 Å². The van der Waals surface area contributed by atoms with Crippen molar-refractivity contribution >= 4 is 11.3 Å². The van der Waals surface area contributed by atoms with Gasteiger partial charge in [-0.15, -0.1) is 0 Å². The van der Waals surface area contributed by atoms with E-state index in [1.54, 1.807) is 0 Å². The second kappa shape index (κ2) is 13.0. The van der Waals surface area contributed by atoms with Crippen molar-refractivity contribution in [3.8, 4) is 0 Å². The van der Waals surface area contributed by atoms with Crippen LogP contribution in [0.1, 0.15) is 115 Å². The number of hydrazone groups is 1. The zero-order chi connectivity index (χ0) is 23.6. The summed E-state index contributed by atoms with van der Waals surface area (Å²) in [4.78, 5) is 0. The Morgan fingerprint density at radius 3 is 2.38 bits per heavy atom. The van der Waals surface area contributed by atoms with E-state index in [9.17, 15) is 0 Å². The monoisotopic (exact) mass is 436 g/mol. The highest BCUT2D eigenvalue weighted by atomic mass is 15.5. The molecule has 0 unspecified atom stereocenters. The van der Waals surface area contributed by atoms with Gasteiger partial charge in [-0.25, -0.2) is 0 Å². The molecule has 0 bridgehead atoms. The Hall–Kier alpha value is -1.83. The third-order valence-electron chi connectivity index (χ3n) is 7.64. The average Bonchev–Trinajstić information content (AvgIpc) is 2.81. The summed E-state index contributed by atoms with van der Waals surface area (Å²) in [5.41, 5.74) is 8.21. The Bertz CT molecular complexity index is 780. The molecule has 1 aromatic rings. The molecule has 0 amide bonds. The first-order valence-electron chi connectivity index (χ1n) is 13.1. The molecule has 0 aliphatic heterocycles. The van der Waals surface area contributed by atoms with Gasteiger partial charge >= 0.3 is 0 Å². The molecule has 0 spiro atoms. The third-order valence-corrected chi connectivity index (χ3v) is 7.64. The van der Waals surface area contributed by atoms with Gasteiger partial charge in [0.25, 0.3) is 0 Å². The quantitative estimate of drug-likeness (QED) is 0.171. The summed E-state index contributed by atoms with van der Waals surface area (Å²) in [6, 6.07) is 6.81. The number of hydrogen-bond donors (Lipinski definition) is 0. The first kappa shape index (κ1) is 26.4. The van der Waals surface area contributed by atoms with E-state index >= 15 is 0 Å². The van der Waals surface area contributed by atoms with Gasteiger partial charge < -0.3 is 0 Å². The minimum absolute atomic E-state index is 0.444. The van der Waals surface area contributed by atoms with E-state index in [1.807, 2.05) is 0 Å². The van der Waals surface area contributed by atoms with Crippen LogP contribution in [-0.4, -0.2) is 17.3 Å². The molecule has 1 aliphatic rings. The highest BCUT2D eigenvalue weighted by molar-refractivity contribution is 5.81. The molecule has 0 atom stereocenters. The van der Waals surface area contributed by atoms with E-state index in [0.717, 1.165) is 45.1 Å². The Morgan fingerprint density at radius 2 is 1.78 bits per heavy atom. The number of aryl methyl sites for hydroxylation is 2. The second-order valence-electron chi connectivity index (χ2n) is 10.0. The van der Waals surface area contributed by atoms with Crippen LogP contribution in [-0.2, 0) is 6.42 Å². The zero-order valence-electron chi connectivity index (χ0n) is 21.7. The van der Waals surface area contributed by atoms with Crippen molar-refractivity contribution < 1.29 is 0 Å². The molecule has 0 heterocycles. The average molecular weight is 437 g/mol. The number of nitrogens with zero attached hydrogens (tertiary/aromatic N) is 2. The predicted octanol–water partition coefficient (Wildman–Crippen LogP) is 9.09. The summed E-state index contributed by atoms with van der Waals surface area (Å²) in [5, 5.41) is 7.19. The van der Waals surface area contributed by atoms with Crippen LogP contribution in [0.3, 0.4) is 0 Å². The lowest BCUT2D eigenvalue weighted by Gasteiger charge is -2.39. The molecule has 1 aliphatic carbocycles. The normalized spacial score (nSPS) is 16.1. The molecule has 178 valence electrons. The highest BCUT2D eigenvalue weighted by Gasteiger charge is 2.31. The minimum Gasteiger partial charge on any atom is -0.270 e. The molecule has 1 saturated carbocycles. The Morgan fingerprint density at radius 1 is 1.06 bits per heavy atom. The lowest BCUT2D eigenvalue weighted by Crippen LogP contribution is -2.28. The standard InChI is InChI=1S/C30H48N2/c1-8-26(6)31-32(27(7)23-30(10-3)19-13-11-14-20-30)21-15-12-16-24(4)29-18-17-28(9-2)25(5)22-29/h17-18,22H,4,7-16,19-21,23H2,1-3,5-6H3/b31-26+. The van der Waals surface area contributed by atoms with Crippen molar-refractivity contribution in [2.24, 2.45) is 10.5 Å². The van der Waals surface area contributed by atoms with Gasteiger partial charge in [0.2, 0.25) is 0 Å². The van der Waals surface area contributed by atoms with Crippen molar-refractivity contribution in [3.05, 3.63) is 53.7 Å². The van der Waals surface area contributed by atoms with Crippen LogP contribution in [0.25, 0.3) is 5.57 Å². The maximum absolute atomic E-state index is 4.96. The van der Waals surface area contributed by atoms with Gasteiger partial charge in [-0.1, -0.05) is 77.8 Å². The van der Waals surface area contributed by atoms with Crippen LogP contribution in [0.4, 0.5) is 0 Å². The van der Waals surface area contributed by atoms with Crippen molar-refractivity contribution in [3.63, 3.8) is 0 Å². The van der Waals surface area contributed by atoms with Crippen LogP contribution >= 0.6 is 0 Å². The fraction of sp³-hybridized carbons (Fsp3) is 0.633. The molecular formula is C30H48N2. The van der Waals surface area contributed by atoms with E-state index in [4.69, 9.17) is 5.10 Å². The van der Waals surface area contributed by atoms with E-state index in [-0.39, 0.29) is 0 Å². The second-order valence-corrected chi connectivity index (χ2v) is 10.0. The molecule has 0 N–H and O–H groups in total. The molecule has 0 radical (unpaired) electrons. The summed E-state index contributed by atoms with van der Waals surface area (Å²) in [6.07, 6.45) is 14.6. The summed E-state index contributed by atoms with van der Waals surface area (Å²) in [6.45, 7) is 21.0. The van der Waals surface area contributed by atoms with E-state index in [2.05, 4.69) is 71.0 Å². The lowest BCUT2D eigenvalue weighted by molar-refractivity contribution is 0.160. The van der Waals surface area contributed by atoms with Crippen LogP contribution < -0.4 is 0 Å². The Labute approximate surface area is 198 Å². The number of allylic oxidation sites excluding steroid dienone is 2. The molecule has 0 aromatic heterocycles. The van der Waals surface area contributed by atoms with Crippen molar-refractivity contribution in [1.29, 1.82) is 0 Å². The number of unbranched alkanes of at least 4 members (excludes halogenated alkanes) is 1. The van der Waals surface area contributed by atoms with Crippen LogP contribution in [0.2, 0.25) is 0 Å². The molecule has 32 heavy (non-hydrogen) atoms. The van der Waals surface area contributed by atoms with Crippen LogP contribution in [0.5, 0.6) is 0 Å². The van der Waals surface area contributed by atoms with Crippen molar-refractivity contribution in [1.82, 2.24) is 5.01 Å². The van der Waals surface area contributed by atoms with E-state index < -0.39 is 0 Å². The summed E-state index contributed by atoms with van der Waals surface area (Å²) in [7, 11) is 0. The zero-order valence-corrected chi connectivity index (χ0v) is 21.7. The smallest absolute Gasteiger partial charge is 0.0412 e. The van der Waals surface area contributed by atoms with Crippen LogP contribution in [0, 0.1) is 12.3 Å². The fourth-order valence-electron chi connectivity index (χ4n) is 5.09. The number of rotatable bonds is 13. The molecule has 1 fully saturated rings. The number of hydrogen-bond acceptors (Lipinski definition) is 2. The lowest BCUT2D eigenvalue weighted by atomic mass is 9.69. The first-order chi connectivity index (χ1) is 15.3. The van der Waals surface area contributed by atoms with Crippen molar-refractivity contribution in [2.45, 2.75) is 112 Å². The first-order valence-corrected chi connectivity index (χ1v) is 13.1. The molecular weight excluding hydrogens is 388 g/mol. The molecule has 2 rings (SSSR count). The maximum atomic E-state index is 4.96. The van der Waals surface area contributed by atoms with Gasteiger partial charge in [-0.3, -0.25) is 5.01 Å². The fourth-order valence-corrected chi connectivity index (χ4v) is 5.09. The summed E-state index contributed by atoms with van der Waals surface area (Å²) < 4.78 is 0. The predicted molar refractivity (Wildman–Crippen MR) is 143 cm³/mol. The third kappa shape index (κ3) is 7.64. The molecule has 1 aromatic carbocycles. The van der Waals surface area contributed by atoms with Gasteiger partial charge in [0, 0.05) is 18.0 Å². The molecule has 2 nitrogen and oxygen atoms in total. The largest absolute Gasteiger partial charge is 0.270 e. The van der Waals surface area contributed by atoms with Gasteiger partial charge in [0.05, 0.1) is 0 Å². The topological polar surface area (TPSA) is 15.6 Å². The van der Waals surface area contributed by atoms with Gasteiger partial charge in [0.15, 0.2) is 0 Å². The van der Waals surface area contributed by atoms with E-state index in [1.165, 1.54) is 72.2 Å².